The zero-order valence-corrected chi connectivity index (χ0v) is 5.97. The van der Waals surface area contributed by atoms with Crippen LogP contribution < -0.4 is 0 Å². The molecule has 0 bridgehead atoms. The van der Waals surface area contributed by atoms with Gasteiger partial charge < -0.3 is 0 Å². The smallest absolute Gasteiger partial charge is 0.101 e. The lowest BCUT2D eigenvalue weighted by Gasteiger charge is -1.90. The Bertz CT molecular complexity index is 182. The third-order valence-electron chi connectivity index (χ3n) is 1.13. The first-order valence-corrected chi connectivity index (χ1v) is 2.76. The van der Waals surface area contributed by atoms with Gasteiger partial charge in [-0.1, -0.05) is 6.08 Å². The van der Waals surface area contributed by atoms with Crippen LogP contribution in [0.5, 0.6) is 0 Å². The summed E-state index contributed by atoms with van der Waals surface area (Å²) in [6.07, 6.45) is 1.75. The molecule has 0 fully saturated rings. The predicted octanol–water partition coefficient (Wildman–Crippen LogP) is 1.55. The molecule has 0 atom stereocenters. The van der Waals surface area contributed by atoms with Crippen molar-refractivity contribution >= 4 is 5.71 Å². The number of rotatable bonds is 1. The van der Waals surface area contributed by atoms with E-state index in [0.717, 1.165) is 5.71 Å². The zero-order chi connectivity index (χ0) is 7.28. The van der Waals surface area contributed by atoms with Crippen LogP contribution in [0.15, 0.2) is 16.6 Å². The molecule has 0 rings (SSSR count). The normalized spacial score (nSPS) is 13.1. The summed E-state index contributed by atoms with van der Waals surface area (Å²) in [5, 5.41) is 8.43. The molecule has 9 heavy (non-hydrogen) atoms. The quantitative estimate of drug-likeness (QED) is 0.384. The molecule has 0 aromatic rings. The summed E-state index contributed by atoms with van der Waals surface area (Å²) in [5.74, 6) is 0. The van der Waals surface area contributed by atoms with Gasteiger partial charge >= 0.3 is 0 Å². The minimum atomic E-state index is 0.650. The highest BCUT2D eigenvalue weighted by Gasteiger charge is 1.93. The van der Waals surface area contributed by atoms with Crippen LogP contribution in [0.4, 0.5) is 0 Å². The van der Waals surface area contributed by atoms with Gasteiger partial charge in [0.1, 0.15) is 6.07 Å². The first-order valence-electron chi connectivity index (χ1n) is 2.76. The van der Waals surface area contributed by atoms with E-state index in [1.54, 1.807) is 13.1 Å². The molecule has 2 nitrogen and oxygen atoms in total. The van der Waals surface area contributed by atoms with E-state index in [-0.39, 0.29) is 0 Å². The van der Waals surface area contributed by atoms with E-state index in [9.17, 15) is 0 Å². The van der Waals surface area contributed by atoms with E-state index in [4.69, 9.17) is 5.26 Å². The third kappa shape index (κ3) is 2.09. The maximum absolute atomic E-state index is 8.43. The van der Waals surface area contributed by atoms with Crippen molar-refractivity contribution in [1.29, 1.82) is 5.26 Å². The molecule has 0 aromatic carbocycles. The average molecular weight is 122 g/mol. The minimum Gasteiger partial charge on any atom is -0.292 e. The van der Waals surface area contributed by atoms with Crippen LogP contribution in [-0.2, 0) is 0 Å². The SMILES string of the molecule is C/C=C(/C#N)C(C)=NC. The molecule has 0 aliphatic heterocycles. The molecule has 0 aliphatic carbocycles. The van der Waals surface area contributed by atoms with Crippen LogP contribution in [0.2, 0.25) is 0 Å². The first-order chi connectivity index (χ1) is 4.26. The maximum Gasteiger partial charge on any atom is 0.101 e. The van der Waals surface area contributed by atoms with Crippen molar-refractivity contribution < 1.29 is 0 Å². The van der Waals surface area contributed by atoms with Gasteiger partial charge in [-0.25, -0.2) is 0 Å². The van der Waals surface area contributed by atoms with E-state index in [1.165, 1.54) is 0 Å². The summed E-state index contributed by atoms with van der Waals surface area (Å²) in [5.41, 5.74) is 1.44. The Hall–Kier alpha value is -1.10. The summed E-state index contributed by atoms with van der Waals surface area (Å²) < 4.78 is 0. The van der Waals surface area contributed by atoms with Crippen LogP contribution in [0.25, 0.3) is 0 Å². The molecule has 2 heteroatoms. The molecule has 0 aliphatic rings. The lowest BCUT2D eigenvalue weighted by molar-refractivity contribution is 1.40. The lowest BCUT2D eigenvalue weighted by Crippen LogP contribution is -1.92. The van der Waals surface area contributed by atoms with Gasteiger partial charge in [0.2, 0.25) is 0 Å². The molecular weight excluding hydrogens is 112 g/mol. The highest BCUT2D eigenvalue weighted by Crippen LogP contribution is 1.93. The first kappa shape index (κ1) is 7.90. The van der Waals surface area contributed by atoms with E-state index in [0.29, 0.717) is 5.57 Å². The Morgan fingerprint density at radius 1 is 1.67 bits per heavy atom. The standard InChI is InChI=1S/C7H10N2/c1-4-7(5-8)6(2)9-3/h4H,1-3H3/b7-4-,9-6?. The number of nitrogens with zero attached hydrogens (tertiary/aromatic N) is 2. The van der Waals surface area contributed by atoms with Crippen LogP contribution in [0, 0.1) is 11.3 Å². The molecule has 0 heterocycles. The van der Waals surface area contributed by atoms with E-state index in [2.05, 4.69) is 4.99 Å². The summed E-state index contributed by atoms with van der Waals surface area (Å²) in [4.78, 5) is 3.86. The number of nitriles is 1. The topological polar surface area (TPSA) is 36.1 Å². The summed E-state index contributed by atoms with van der Waals surface area (Å²) in [6.45, 7) is 3.64. The fraction of sp³-hybridized carbons (Fsp3) is 0.429. The highest BCUT2D eigenvalue weighted by molar-refractivity contribution is 6.01. The zero-order valence-electron chi connectivity index (χ0n) is 5.97. The Morgan fingerprint density at radius 2 is 2.22 bits per heavy atom. The molecule has 0 saturated heterocycles. The van der Waals surface area contributed by atoms with Crippen molar-refractivity contribution in [2.45, 2.75) is 13.8 Å². The van der Waals surface area contributed by atoms with Crippen molar-refractivity contribution in [1.82, 2.24) is 0 Å². The van der Waals surface area contributed by atoms with E-state index >= 15 is 0 Å². The molecule has 0 saturated carbocycles. The van der Waals surface area contributed by atoms with E-state index < -0.39 is 0 Å². The van der Waals surface area contributed by atoms with Gasteiger partial charge in [-0.2, -0.15) is 5.26 Å². The van der Waals surface area contributed by atoms with Crippen LogP contribution in [0.3, 0.4) is 0 Å². The molecule has 0 aromatic heterocycles. The summed E-state index contributed by atoms with van der Waals surface area (Å²) in [7, 11) is 1.68. The average Bonchev–Trinajstić information content (AvgIpc) is 1.90. The molecule has 0 unspecified atom stereocenters. The largest absolute Gasteiger partial charge is 0.292 e. The van der Waals surface area contributed by atoms with Crippen molar-refractivity contribution in [2.24, 2.45) is 4.99 Å². The predicted molar refractivity (Wildman–Crippen MR) is 38.4 cm³/mol. The Kier molecular flexibility index (Phi) is 3.38. The number of allylic oxidation sites excluding steroid dienone is 2. The van der Waals surface area contributed by atoms with Crippen LogP contribution in [0.1, 0.15) is 13.8 Å². The van der Waals surface area contributed by atoms with Crippen LogP contribution in [-0.4, -0.2) is 12.8 Å². The Morgan fingerprint density at radius 3 is 2.33 bits per heavy atom. The highest BCUT2D eigenvalue weighted by atomic mass is 14.7. The molecule has 48 valence electrons. The van der Waals surface area contributed by atoms with Gasteiger partial charge in [0.25, 0.3) is 0 Å². The summed E-state index contributed by atoms with van der Waals surface area (Å²) in [6, 6.07) is 2.03. The van der Waals surface area contributed by atoms with Gasteiger partial charge in [-0.05, 0) is 13.8 Å². The van der Waals surface area contributed by atoms with E-state index in [1.807, 2.05) is 19.9 Å². The van der Waals surface area contributed by atoms with Gasteiger partial charge in [-0.15, -0.1) is 0 Å². The third-order valence-corrected chi connectivity index (χ3v) is 1.13. The molecular formula is C7H10N2. The molecule has 0 radical (unpaired) electrons. The molecule has 0 N–H and O–H groups in total. The fourth-order valence-electron chi connectivity index (χ4n) is 0.475. The fourth-order valence-corrected chi connectivity index (χ4v) is 0.475. The second kappa shape index (κ2) is 3.85. The van der Waals surface area contributed by atoms with Gasteiger partial charge in [0.05, 0.1) is 5.57 Å². The second-order valence-corrected chi connectivity index (χ2v) is 1.62. The maximum atomic E-state index is 8.43. The number of aliphatic imine (C=N–C) groups is 1. The molecule has 0 amide bonds. The number of hydrogen-bond acceptors (Lipinski definition) is 2. The summed E-state index contributed by atoms with van der Waals surface area (Å²) >= 11 is 0. The van der Waals surface area contributed by atoms with Crippen LogP contribution >= 0.6 is 0 Å². The van der Waals surface area contributed by atoms with Gasteiger partial charge in [-0.3, -0.25) is 4.99 Å². The van der Waals surface area contributed by atoms with Gasteiger partial charge in [0, 0.05) is 12.8 Å². The van der Waals surface area contributed by atoms with Crippen molar-refractivity contribution in [3.05, 3.63) is 11.6 Å². The number of hydrogen-bond donors (Lipinski definition) is 0. The minimum absolute atomic E-state index is 0.650. The molecule has 0 spiro atoms. The van der Waals surface area contributed by atoms with Crippen molar-refractivity contribution in [2.75, 3.05) is 7.05 Å². The second-order valence-electron chi connectivity index (χ2n) is 1.62. The van der Waals surface area contributed by atoms with Gasteiger partial charge in [0.15, 0.2) is 0 Å². The monoisotopic (exact) mass is 122 g/mol. The van der Waals surface area contributed by atoms with Crippen molar-refractivity contribution in [3.63, 3.8) is 0 Å². The Balaban J connectivity index is 4.39. The lowest BCUT2D eigenvalue weighted by atomic mass is 10.2. The van der Waals surface area contributed by atoms with Crippen molar-refractivity contribution in [3.8, 4) is 6.07 Å². The Labute approximate surface area is 55.5 Å².